The highest BCUT2D eigenvalue weighted by atomic mass is 16.1. The van der Waals surface area contributed by atoms with E-state index in [9.17, 15) is 4.79 Å². The summed E-state index contributed by atoms with van der Waals surface area (Å²) in [7, 11) is 0. The second-order valence-electron chi connectivity index (χ2n) is 4.03. The van der Waals surface area contributed by atoms with Crippen LogP contribution in [0.1, 0.15) is 34.6 Å². The van der Waals surface area contributed by atoms with Crippen LogP contribution in [0.3, 0.4) is 0 Å². The van der Waals surface area contributed by atoms with Crippen LogP contribution in [0.4, 0.5) is 0 Å². The summed E-state index contributed by atoms with van der Waals surface area (Å²) < 4.78 is 0. The quantitative estimate of drug-likeness (QED) is 0.784. The summed E-state index contributed by atoms with van der Waals surface area (Å²) in [5, 5.41) is 0. The summed E-state index contributed by atoms with van der Waals surface area (Å²) >= 11 is 0. The molecule has 1 aliphatic carbocycles. The van der Waals surface area contributed by atoms with Crippen molar-refractivity contribution in [2.75, 3.05) is 0 Å². The molecule has 74 valence electrons. The molecule has 14 heavy (non-hydrogen) atoms. The second kappa shape index (κ2) is 3.40. The highest BCUT2D eigenvalue weighted by Gasteiger charge is 2.22. The molecule has 3 heteroatoms. The van der Waals surface area contributed by atoms with E-state index in [1.165, 1.54) is 12.8 Å². The zero-order valence-electron chi connectivity index (χ0n) is 8.29. The molecule has 0 saturated heterocycles. The van der Waals surface area contributed by atoms with Crippen molar-refractivity contribution in [2.24, 2.45) is 11.7 Å². The maximum atomic E-state index is 11.0. The molecular weight excluding hydrogens is 176 g/mol. The maximum absolute atomic E-state index is 11.0. The van der Waals surface area contributed by atoms with Crippen LogP contribution in [0.2, 0.25) is 0 Å². The molecule has 0 radical (unpaired) electrons. The van der Waals surface area contributed by atoms with Crippen LogP contribution in [-0.4, -0.2) is 10.9 Å². The van der Waals surface area contributed by atoms with Gasteiger partial charge in [-0.3, -0.25) is 4.79 Å². The Labute approximate surface area is 83.3 Å². The van der Waals surface area contributed by atoms with E-state index in [2.05, 4.69) is 4.98 Å². The van der Waals surface area contributed by atoms with Gasteiger partial charge in [0.05, 0.1) is 0 Å². The lowest BCUT2D eigenvalue weighted by atomic mass is 10.1. The molecule has 0 spiro atoms. The highest BCUT2D eigenvalue weighted by molar-refractivity contribution is 5.90. The van der Waals surface area contributed by atoms with Crippen LogP contribution in [0.15, 0.2) is 12.1 Å². The normalized spacial score (nSPS) is 15.5. The molecule has 1 amide bonds. The number of aryl methyl sites for hydroxylation is 1. The Morgan fingerprint density at radius 2 is 2.29 bits per heavy atom. The Hall–Kier alpha value is -1.38. The number of hydrogen-bond acceptors (Lipinski definition) is 2. The summed E-state index contributed by atoms with van der Waals surface area (Å²) in [5.41, 5.74) is 7.65. The highest BCUT2D eigenvalue weighted by Crippen LogP contribution is 2.32. The number of aromatic nitrogens is 1. The molecule has 1 fully saturated rings. The molecule has 0 aliphatic heterocycles. The summed E-state index contributed by atoms with van der Waals surface area (Å²) in [5.74, 6) is 0.343. The van der Waals surface area contributed by atoms with E-state index < -0.39 is 5.91 Å². The monoisotopic (exact) mass is 190 g/mol. The topological polar surface area (TPSA) is 56.0 Å². The van der Waals surface area contributed by atoms with Gasteiger partial charge < -0.3 is 5.73 Å². The van der Waals surface area contributed by atoms with Crippen molar-refractivity contribution in [1.82, 2.24) is 4.98 Å². The minimum absolute atomic E-state index is 0.389. The summed E-state index contributed by atoms with van der Waals surface area (Å²) in [6.07, 6.45) is 3.57. The number of carbonyl (C=O) groups is 1. The first-order chi connectivity index (χ1) is 6.65. The Morgan fingerprint density at radius 3 is 2.86 bits per heavy atom. The van der Waals surface area contributed by atoms with Crippen molar-refractivity contribution in [2.45, 2.75) is 26.2 Å². The molecule has 1 heterocycles. The first-order valence-electron chi connectivity index (χ1n) is 4.92. The van der Waals surface area contributed by atoms with Crippen molar-refractivity contribution in [3.8, 4) is 0 Å². The average Bonchev–Trinajstić information content (AvgIpc) is 2.87. The van der Waals surface area contributed by atoms with Gasteiger partial charge in [0, 0.05) is 5.69 Å². The average molecular weight is 190 g/mol. The van der Waals surface area contributed by atoms with Gasteiger partial charge in [0.1, 0.15) is 5.69 Å². The number of nitrogens with two attached hydrogens (primary N) is 1. The summed E-state index contributed by atoms with van der Waals surface area (Å²) in [6, 6.07) is 3.77. The Balaban J connectivity index is 2.25. The predicted molar refractivity (Wildman–Crippen MR) is 53.9 cm³/mol. The van der Waals surface area contributed by atoms with E-state index in [-0.39, 0.29) is 0 Å². The lowest BCUT2D eigenvalue weighted by molar-refractivity contribution is 0.0995. The fourth-order valence-electron chi connectivity index (χ4n) is 1.59. The van der Waals surface area contributed by atoms with Crippen molar-refractivity contribution >= 4 is 5.91 Å². The number of primary amides is 1. The number of nitrogens with zero attached hydrogens (tertiary/aromatic N) is 1. The van der Waals surface area contributed by atoms with Gasteiger partial charge in [-0.15, -0.1) is 0 Å². The second-order valence-corrected chi connectivity index (χ2v) is 4.03. The number of amides is 1. The van der Waals surface area contributed by atoms with Crippen LogP contribution in [-0.2, 0) is 6.42 Å². The molecule has 2 rings (SSSR count). The van der Waals surface area contributed by atoms with Gasteiger partial charge in [0.15, 0.2) is 0 Å². The predicted octanol–water partition coefficient (Wildman–Crippen LogP) is 1.44. The van der Waals surface area contributed by atoms with E-state index in [4.69, 9.17) is 5.73 Å². The lowest BCUT2D eigenvalue weighted by Crippen LogP contribution is -2.14. The van der Waals surface area contributed by atoms with E-state index in [0.29, 0.717) is 5.69 Å². The van der Waals surface area contributed by atoms with Gasteiger partial charge in [0.25, 0.3) is 5.91 Å². The van der Waals surface area contributed by atoms with E-state index in [0.717, 1.165) is 23.6 Å². The molecule has 3 nitrogen and oxygen atoms in total. The van der Waals surface area contributed by atoms with Gasteiger partial charge in [-0.1, -0.05) is 0 Å². The molecule has 0 aromatic carbocycles. The van der Waals surface area contributed by atoms with Crippen LogP contribution >= 0.6 is 0 Å². The summed E-state index contributed by atoms with van der Waals surface area (Å²) in [6.45, 7) is 1.96. The first-order valence-corrected chi connectivity index (χ1v) is 4.92. The van der Waals surface area contributed by atoms with Crippen molar-refractivity contribution in [3.63, 3.8) is 0 Å². The smallest absolute Gasteiger partial charge is 0.267 e. The number of rotatable bonds is 3. The van der Waals surface area contributed by atoms with Gasteiger partial charge in [-0.2, -0.15) is 0 Å². The van der Waals surface area contributed by atoms with Gasteiger partial charge in [-0.05, 0) is 49.8 Å². The molecule has 0 bridgehead atoms. The first kappa shape index (κ1) is 9.19. The molecule has 1 aromatic heterocycles. The van der Waals surface area contributed by atoms with E-state index >= 15 is 0 Å². The molecular formula is C11H14N2O. The zero-order chi connectivity index (χ0) is 10.1. The molecule has 0 unspecified atom stereocenters. The van der Waals surface area contributed by atoms with Crippen molar-refractivity contribution in [3.05, 3.63) is 29.1 Å². The van der Waals surface area contributed by atoms with E-state index in [1.807, 2.05) is 13.0 Å². The number of hydrogen-bond donors (Lipinski definition) is 1. The van der Waals surface area contributed by atoms with Crippen LogP contribution < -0.4 is 5.73 Å². The maximum Gasteiger partial charge on any atom is 0.267 e. The van der Waals surface area contributed by atoms with Crippen LogP contribution in [0.5, 0.6) is 0 Å². The van der Waals surface area contributed by atoms with E-state index in [1.54, 1.807) is 6.07 Å². The standard InChI is InChI=1S/C11H14N2O/c1-7-4-9(6-8-2-3-8)13-10(5-7)11(12)14/h4-5,8H,2-3,6H2,1H3,(H2,12,14). The third-order valence-electron chi connectivity index (χ3n) is 2.47. The molecule has 1 aromatic rings. The Kier molecular flexibility index (Phi) is 2.23. The van der Waals surface area contributed by atoms with Gasteiger partial charge in [-0.25, -0.2) is 4.98 Å². The van der Waals surface area contributed by atoms with Crippen LogP contribution in [0, 0.1) is 12.8 Å². The minimum atomic E-state index is -0.439. The third-order valence-corrected chi connectivity index (χ3v) is 2.47. The number of pyridine rings is 1. The summed E-state index contributed by atoms with van der Waals surface area (Å²) in [4.78, 5) is 15.2. The Morgan fingerprint density at radius 1 is 1.57 bits per heavy atom. The fourth-order valence-corrected chi connectivity index (χ4v) is 1.59. The van der Waals surface area contributed by atoms with Gasteiger partial charge >= 0.3 is 0 Å². The fraction of sp³-hybridized carbons (Fsp3) is 0.455. The Bertz CT molecular complexity index is 370. The minimum Gasteiger partial charge on any atom is -0.364 e. The molecule has 1 saturated carbocycles. The van der Waals surface area contributed by atoms with Crippen molar-refractivity contribution < 1.29 is 4.79 Å². The largest absolute Gasteiger partial charge is 0.364 e. The van der Waals surface area contributed by atoms with Crippen LogP contribution in [0.25, 0.3) is 0 Å². The molecule has 1 aliphatic rings. The lowest BCUT2D eigenvalue weighted by Gasteiger charge is -2.03. The zero-order valence-corrected chi connectivity index (χ0v) is 8.29. The van der Waals surface area contributed by atoms with Crippen molar-refractivity contribution in [1.29, 1.82) is 0 Å². The SMILES string of the molecule is Cc1cc(CC2CC2)nc(C(N)=O)c1. The van der Waals surface area contributed by atoms with Gasteiger partial charge in [0.2, 0.25) is 0 Å². The molecule has 2 N–H and O–H groups in total. The number of carbonyl (C=O) groups excluding carboxylic acids is 1. The third kappa shape index (κ3) is 2.10. The molecule has 0 atom stereocenters.